The molecule has 1 saturated heterocycles. The molecule has 0 spiro atoms. The van der Waals surface area contributed by atoms with Crippen LogP contribution in [0.3, 0.4) is 0 Å². The van der Waals surface area contributed by atoms with Gasteiger partial charge in [0.05, 0.1) is 18.8 Å². The first-order valence-corrected chi connectivity index (χ1v) is 12.3. The molecular weight excluding hydrogens is 424 g/mol. The first-order valence-electron chi connectivity index (χ1n) is 12.3. The average molecular weight is 469 g/mol. The Morgan fingerprint density at radius 3 is 2.52 bits per heavy atom. The van der Waals surface area contributed by atoms with Crippen molar-refractivity contribution < 1.29 is 35.0 Å². The summed E-state index contributed by atoms with van der Waals surface area (Å²) in [5.41, 5.74) is 0.227. The molecule has 3 rings (SSSR count). The van der Waals surface area contributed by atoms with Gasteiger partial charge in [0, 0.05) is 0 Å². The first-order chi connectivity index (χ1) is 15.4. The Labute approximate surface area is 198 Å². The van der Waals surface area contributed by atoms with Gasteiger partial charge in [-0.15, -0.1) is 6.58 Å². The molecule has 33 heavy (non-hydrogen) atoms. The van der Waals surface area contributed by atoms with Gasteiger partial charge in [-0.1, -0.05) is 38.5 Å². The van der Waals surface area contributed by atoms with Crippen molar-refractivity contribution in [2.45, 2.75) is 102 Å². The molecule has 0 aromatic rings. The Hall–Kier alpha value is -0.800. The van der Waals surface area contributed by atoms with Crippen LogP contribution in [-0.2, 0) is 9.47 Å². The van der Waals surface area contributed by atoms with Crippen molar-refractivity contribution in [1.29, 1.82) is 0 Å². The topological polar surface area (TPSA) is 120 Å². The molecule has 0 aromatic carbocycles. The lowest BCUT2D eigenvalue weighted by Gasteiger charge is -2.59. The molecule has 2 saturated carbocycles. The molecule has 5 N–H and O–H groups in total. The second kappa shape index (κ2) is 10.1. The number of aliphatic hydroxyl groups is 5. The molecule has 1 aliphatic heterocycles. The van der Waals surface area contributed by atoms with E-state index in [1.165, 1.54) is 5.57 Å². The van der Waals surface area contributed by atoms with Crippen LogP contribution >= 0.6 is 0 Å². The van der Waals surface area contributed by atoms with Gasteiger partial charge in [0.1, 0.15) is 24.4 Å². The molecule has 1 heterocycles. The zero-order valence-corrected chi connectivity index (χ0v) is 20.4. The van der Waals surface area contributed by atoms with Gasteiger partial charge >= 0.3 is 0 Å². The summed E-state index contributed by atoms with van der Waals surface area (Å²) in [4.78, 5) is 0. The van der Waals surface area contributed by atoms with E-state index in [2.05, 4.69) is 27.0 Å². The zero-order chi connectivity index (χ0) is 24.6. The Morgan fingerprint density at radius 2 is 1.88 bits per heavy atom. The summed E-state index contributed by atoms with van der Waals surface area (Å²) >= 11 is 0. The summed E-state index contributed by atoms with van der Waals surface area (Å²) in [5, 5.41) is 50.5. The third-order valence-corrected chi connectivity index (χ3v) is 8.95. The molecule has 190 valence electrons. The van der Waals surface area contributed by atoms with Crippen LogP contribution in [0.1, 0.15) is 65.7 Å². The Balaban J connectivity index is 1.74. The molecule has 0 unspecified atom stereocenters. The summed E-state index contributed by atoms with van der Waals surface area (Å²) in [7, 11) is 0. The van der Waals surface area contributed by atoms with E-state index in [0.717, 1.165) is 38.5 Å². The Morgan fingerprint density at radius 1 is 1.18 bits per heavy atom. The lowest BCUT2D eigenvalue weighted by molar-refractivity contribution is -0.309. The molecule has 2 aliphatic carbocycles. The molecule has 10 atom stereocenters. The van der Waals surface area contributed by atoms with E-state index in [9.17, 15) is 25.5 Å². The first kappa shape index (κ1) is 26.8. The van der Waals surface area contributed by atoms with Gasteiger partial charge < -0.3 is 35.0 Å². The van der Waals surface area contributed by atoms with E-state index in [0.29, 0.717) is 24.9 Å². The molecular formula is C26H44O7. The largest absolute Gasteiger partial charge is 0.394 e. The van der Waals surface area contributed by atoms with Gasteiger partial charge in [-0.2, -0.15) is 0 Å². The van der Waals surface area contributed by atoms with Gasteiger partial charge in [-0.25, -0.2) is 0 Å². The van der Waals surface area contributed by atoms with Crippen LogP contribution in [0.25, 0.3) is 0 Å². The number of allylic oxidation sites excluding steroid dienone is 1. The van der Waals surface area contributed by atoms with E-state index < -0.39 is 42.9 Å². The lowest BCUT2D eigenvalue weighted by Crippen LogP contribution is -2.60. The number of fused-ring (bicyclic) bond motifs is 1. The van der Waals surface area contributed by atoms with Crippen LogP contribution < -0.4 is 0 Å². The van der Waals surface area contributed by atoms with Gasteiger partial charge in [0.2, 0.25) is 0 Å². The highest BCUT2D eigenvalue weighted by molar-refractivity contribution is 5.16. The monoisotopic (exact) mass is 468 g/mol. The second-order valence-corrected chi connectivity index (χ2v) is 11.4. The fourth-order valence-corrected chi connectivity index (χ4v) is 6.81. The number of hydrogen-bond acceptors (Lipinski definition) is 7. The Kier molecular flexibility index (Phi) is 8.16. The van der Waals surface area contributed by atoms with E-state index in [-0.39, 0.29) is 10.8 Å². The van der Waals surface area contributed by atoms with Crippen LogP contribution in [0.2, 0.25) is 0 Å². The molecule has 7 nitrogen and oxygen atoms in total. The molecule has 0 bridgehead atoms. The van der Waals surface area contributed by atoms with E-state index in [1.54, 1.807) is 13.0 Å². The minimum atomic E-state index is -1.44. The van der Waals surface area contributed by atoms with Crippen molar-refractivity contribution in [3.63, 3.8) is 0 Å². The molecule has 0 radical (unpaired) electrons. The highest BCUT2D eigenvalue weighted by atomic mass is 16.7. The molecule has 0 aromatic heterocycles. The van der Waals surface area contributed by atoms with E-state index in [4.69, 9.17) is 9.47 Å². The van der Waals surface area contributed by atoms with Gasteiger partial charge in [0.25, 0.3) is 0 Å². The fourth-order valence-electron chi connectivity index (χ4n) is 6.81. The normalized spacial score (nSPS) is 45.8. The van der Waals surface area contributed by atoms with Crippen molar-refractivity contribution in [2.24, 2.45) is 22.7 Å². The molecule has 0 amide bonds. The predicted molar refractivity (Wildman–Crippen MR) is 125 cm³/mol. The van der Waals surface area contributed by atoms with Crippen LogP contribution in [0.5, 0.6) is 0 Å². The third kappa shape index (κ3) is 5.25. The van der Waals surface area contributed by atoms with Crippen molar-refractivity contribution in [3.8, 4) is 0 Å². The predicted octanol–water partition coefficient (Wildman–Crippen LogP) is 2.30. The minimum absolute atomic E-state index is 0.0261. The molecule has 7 heteroatoms. The van der Waals surface area contributed by atoms with Crippen molar-refractivity contribution in [1.82, 2.24) is 0 Å². The Bertz CT molecular complexity index is 707. The van der Waals surface area contributed by atoms with E-state index in [1.807, 2.05) is 0 Å². The second-order valence-electron chi connectivity index (χ2n) is 11.4. The number of rotatable bonds is 8. The highest BCUT2D eigenvalue weighted by Crippen LogP contribution is 2.62. The summed E-state index contributed by atoms with van der Waals surface area (Å²) in [5.74, 6) is 0.669. The van der Waals surface area contributed by atoms with Crippen molar-refractivity contribution in [2.75, 3.05) is 13.2 Å². The highest BCUT2D eigenvalue weighted by Gasteiger charge is 2.55. The third-order valence-electron chi connectivity index (χ3n) is 8.95. The standard InChI is InChI=1S/C26H44O7/c1-6-25(4,31)13-10-17-16(2)8-9-19-24(3,11-7-12-26(17,19)5)15-32-23-22(30)21(29)20(28)18(14-27)33-23/h6,17-23,27-31H,1-2,7-15H2,3-5H3/t17-,18+,19-,20+,21-,22+,23+,24-,25+,26+/m0/s1. The summed E-state index contributed by atoms with van der Waals surface area (Å²) in [6, 6.07) is 0. The van der Waals surface area contributed by atoms with Crippen molar-refractivity contribution >= 4 is 0 Å². The SMILES string of the molecule is C=C[C@@](C)(O)CC[C@H]1C(=C)CC[C@H]2[C@](C)(CO[C@@H]3O[C@H](CO)[C@@H](O)[C@H](O)[C@H]3O)CCC[C@]12C. The molecule has 3 aliphatic rings. The number of hydrogen-bond donors (Lipinski definition) is 5. The summed E-state index contributed by atoms with van der Waals surface area (Å²) in [6.07, 6.45) is 1.87. The maximum Gasteiger partial charge on any atom is 0.186 e. The maximum absolute atomic E-state index is 10.5. The smallest absolute Gasteiger partial charge is 0.186 e. The van der Waals surface area contributed by atoms with E-state index >= 15 is 0 Å². The van der Waals surface area contributed by atoms with Crippen LogP contribution in [0.15, 0.2) is 24.8 Å². The number of aliphatic hydroxyl groups excluding tert-OH is 4. The van der Waals surface area contributed by atoms with Crippen molar-refractivity contribution in [3.05, 3.63) is 24.8 Å². The molecule has 3 fully saturated rings. The van der Waals surface area contributed by atoms with Gasteiger partial charge in [-0.05, 0) is 68.1 Å². The summed E-state index contributed by atoms with van der Waals surface area (Å²) < 4.78 is 11.6. The average Bonchev–Trinajstić information content (AvgIpc) is 2.76. The minimum Gasteiger partial charge on any atom is -0.394 e. The van der Waals surface area contributed by atoms with Crippen LogP contribution in [0.4, 0.5) is 0 Å². The number of ether oxygens (including phenoxy) is 2. The lowest BCUT2D eigenvalue weighted by atomic mass is 9.46. The maximum atomic E-state index is 10.5. The zero-order valence-electron chi connectivity index (χ0n) is 20.4. The van der Waals surface area contributed by atoms with Gasteiger partial charge in [0.15, 0.2) is 6.29 Å². The summed E-state index contributed by atoms with van der Waals surface area (Å²) in [6.45, 7) is 14.4. The van der Waals surface area contributed by atoms with Crippen LogP contribution in [0, 0.1) is 22.7 Å². The fraction of sp³-hybridized carbons (Fsp3) is 0.846. The van der Waals surface area contributed by atoms with Crippen LogP contribution in [-0.4, -0.2) is 75.1 Å². The quantitative estimate of drug-likeness (QED) is 0.347. The van der Waals surface area contributed by atoms with Gasteiger partial charge in [-0.3, -0.25) is 0 Å².